The molecule has 0 radical (unpaired) electrons. The molecule has 0 aromatic heterocycles. The van der Waals surface area contributed by atoms with Gasteiger partial charge >= 0.3 is 0 Å². The van der Waals surface area contributed by atoms with Crippen molar-refractivity contribution in [2.45, 2.75) is 38.6 Å². The second-order valence-electron chi connectivity index (χ2n) is 5.52. The third kappa shape index (κ3) is 5.27. The van der Waals surface area contributed by atoms with E-state index in [9.17, 15) is 4.79 Å². The highest BCUT2D eigenvalue weighted by molar-refractivity contribution is 5.86. The lowest BCUT2D eigenvalue weighted by molar-refractivity contribution is -0.137. The smallest absolute Gasteiger partial charge is 0.242 e. The second kappa shape index (κ2) is 8.98. The highest BCUT2D eigenvalue weighted by Gasteiger charge is 2.33. The number of rotatable bonds is 8. The Morgan fingerprint density at radius 3 is 2.48 bits per heavy atom. The maximum absolute atomic E-state index is 12.7. The molecular formula is C15H28N4O2. The van der Waals surface area contributed by atoms with Gasteiger partial charge in [-0.25, -0.2) is 0 Å². The van der Waals surface area contributed by atoms with Crippen molar-refractivity contribution in [3.05, 3.63) is 0 Å². The fraction of sp³-hybridized carbons (Fsp3) is 0.867. The molecule has 1 amide bonds. The summed E-state index contributed by atoms with van der Waals surface area (Å²) in [7, 11) is 0. The highest BCUT2D eigenvalue weighted by atomic mass is 16.5. The number of nitrogens with zero attached hydrogens (tertiary/aromatic N) is 3. The van der Waals surface area contributed by atoms with Crippen molar-refractivity contribution >= 4 is 5.91 Å². The van der Waals surface area contributed by atoms with E-state index in [4.69, 9.17) is 15.7 Å². The lowest BCUT2D eigenvalue weighted by atomic mass is 9.92. The molecule has 6 nitrogen and oxygen atoms in total. The molecule has 1 aliphatic heterocycles. The predicted molar refractivity (Wildman–Crippen MR) is 81.6 cm³/mol. The number of nitriles is 1. The summed E-state index contributed by atoms with van der Waals surface area (Å²) in [5.74, 6) is -0.0315. The van der Waals surface area contributed by atoms with E-state index >= 15 is 0 Å². The number of nitrogens with two attached hydrogens (primary N) is 1. The standard InChI is InChI=1S/C15H28N4O2/c1-3-15(17,4-2)14(20)19(7-5-6-16)9-8-18-10-12-21-13-11-18/h3-5,7-13,17H2,1-2H3. The quantitative estimate of drug-likeness (QED) is 0.708. The molecule has 0 unspecified atom stereocenters. The molecule has 0 bridgehead atoms. The minimum Gasteiger partial charge on any atom is -0.379 e. The van der Waals surface area contributed by atoms with Gasteiger partial charge in [-0.1, -0.05) is 13.8 Å². The normalized spacial score (nSPS) is 16.5. The van der Waals surface area contributed by atoms with Crippen LogP contribution in [-0.2, 0) is 9.53 Å². The monoisotopic (exact) mass is 296 g/mol. The average Bonchev–Trinajstić information content (AvgIpc) is 2.54. The van der Waals surface area contributed by atoms with Gasteiger partial charge in [0.15, 0.2) is 0 Å². The van der Waals surface area contributed by atoms with Gasteiger partial charge in [0.25, 0.3) is 0 Å². The Balaban J connectivity index is 2.61. The molecule has 0 saturated carbocycles. The fourth-order valence-electron chi connectivity index (χ4n) is 2.45. The minimum absolute atomic E-state index is 0.0315. The molecule has 0 aromatic carbocycles. The Kier molecular flexibility index (Phi) is 7.65. The van der Waals surface area contributed by atoms with Crippen LogP contribution in [0, 0.1) is 11.3 Å². The second-order valence-corrected chi connectivity index (χ2v) is 5.52. The van der Waals surface area contributed by atoms with Crippen LogP contribution in [0.1, 0.15) is 33.1 Å². The summed E-state index contributed by atoms with van der Waals surface area (Å²) in [5.41, 5.74) is 5.41. The van der Waals surface area contributed by atoms with E-state index in [2.05, 4.69) is 11.0 Å². The zero-order chi connectivity index (χ0) is 15.7. The maximum Gasteiger partial charge on any atom is 0.242 e. The van der Waals surface area contributed by atoms with Crippen LogP contribution in [0.2, 0.25) is 0 Å². The molecule has 1 saturated heterocycles. The first kappa shape index (κ1) is 17.9. The number of hydrogen-bond donors (Lipinski definition) is 1. The van der Waals surface area contributed by atoms with Crippen LogP contribution >= 0.6 is 0 Å². The summed E-state index contributed by atoms with van der Waals surface area (Å²) in [4.78, 5) is 16.7. The van der Waals surface area contributed by atoms with Crippen molar-refractivity contribution in [3.8, 4) is 6.07 Å². The van der Waals surface area contributed by atoms with Gasteiger partial charge in [-0.2, -0.15) is 5.26 Å². The van der Waals surface area contributed by atoms with Crippen molar-refractivity contribution in [3.63, 3.8) is 0 Å². The molecule has 0 aromatic rings. The Bertz CT molecular complexity index is 357. The molecular weight excluding hydrogens is 268 g/mol. The first-order valence-electron chi connectivity index (χ1n) is 7.82. The van der Waals surface area contributed by atoms with Crippen molar-refractivity contribution in [2.75, 3.05) is 45.9 Å². The largest absolute Gasteiger partial charge is 0.379 e. The zero-order valence-corrected chi connectivity index (χ0v) is 13.3. The number of carbonyl (C=O) groups is 1. The number of morpholine rings is 1. The van der Waals surface area contributed by atoms with Gasteiger partial charge in [-0.3, -0.25) is 9.69 Å². The van der Waals surface area contributed by atoms with Gasteiger partial charge in [0.2, 0.25) is 5.91 Å². The third-order valence-electron chi connectivity index (χ3n) is 4.26. The summed E-state index contributed by atoms with van der Waals surface area (Å²) >= 11 is 0. The van der Waals surface area contributed by atoms with Crippen molar-refractivity contribution < 1.29 is 9.53 Å². The highest BCUT2D eigenvalue weighted by Crippen LogP contribution is 2.15. The Labute approximate surface area is 127 Å². The average molecular weight is 296 g/mol. The Morgan fingerprint density at radius 2 is 1.95 bits per heavy atom. The number of amides is 1. The van der Waals surface area contributed by atoms with E-state index in [0.717, 1.165) is 32.8 Å². The maximum atomic E-state index is 12.7. The van der Waals surface area contributed by atoms with Gasteiger partial charge in [-0.15, -0.1) is 0 Å². The van der Waals surface area contributed by atoms with Crippen molar-refractivity contribution in [1.82, 2.24) is 9.80 Å². The van der Waals surface area contributed by atoms with E-state index < -0.39 is 5.54 Å². The van der Waals surface area contributed by atoms with Crippen LogP contribution in [-0.4, -0.2) is 67.2 Å². The van der Waals surface area contributed by atoms with Crippen molar-refractivity contribution in [1.29, 1.82) is 5.26 Å². The number of hydrogen-bond acceptors (Lipinski definition) is 5. The van der Waals surface area contributed by atoms with E-state index in [1.54, 1.807) is 4.90 Å². The molecule has 21 heavy (non-hydrogen) atoms. The summed E-state index contributed by atoms with van der Waals surface area (Å²) in [6, 6.07) is 2.11. The number of ether oxygens (including phenoxy) is 1. The first-order chi connectivity index (χ1) is 10.1. The molecule has 1 fully saturated rings. The van der Waals surface area contributed by atoms with E-state index in [1.165, 1.54) is 0 Å². The summed E-state index contributed by atoms with van der Waals surface area (Å²) in [6.07, 6.45) is 1.57. The molecule has 1 rings (SSSR count). The van der Waals surface area contributed by atoms with Crippen LogP contribution in [0.25, 0.3) is 0 Å². The molecule has 0 aliphatic carbocycles. The minimum atomic E-state index is -0.805. The molecule has 2 N–H and O–H groups in total. The lowest BCUT2D eigenvalue weighted by Gasteiger charge is -2.35. The summed E-state index contributed by atoms with van der Waals surface area (Å²) in [6.45, 7) is 9.05. The molecule has 1 aliphatic rings. The Morgan fingerprint density at radius 1 is 1.33 bits per heavy atom. The summed E-state index contributed by atoms with van der Waals surface area (Å²) < 4.78 is 5.32. The predicted octanol–water partition coefficient (Wildman–Crippen LogP) is 0.578. The van der Waals surface area contributed by atoms with Crippen LogP contribution in [0.5, 0.6) is 0 Å². The SMILES string of the molecule is CCC(N)(CC)C(=O)N(CCC#N)CCN1CCOCC1. The molecule has 6 heteroatoms. The lowest BCUT2D eigenvalue weighted by Crippen LogP contribution is -2.56. The van der Waals surface area contributed by atoms with Gasteiger partial charge in [0.05, 0.1) is 31.2 Å². The third-order valence-corrected chi connectivity index (χ3v) is 4.26. The first-order valence-corrected chi connectivity index (χ1v) is 7.82. The van der Waals surface area contributed by atoms with Gasteiger partial charge in [0.1, 0.15) is 0 Å². The van der Waals surface area contributed by atoms with Gasteiger partial charge < -0.3 is 15.4 Å². The van der Waals surface area contributed by atoms with Crippen LogP contribution in [0.15, 0.2) is 0 Å². The molecule has 0 spiro atoms. The number of carbonyl (C=O) groups excluding carboxylic acids is 1. The molecule has 1 heterocycles. The fourth-order valence-corrected chi connectivity index (χ4v) is 2.45. The van der Waals surface area contributed by atoms with Gasteiger partial charge in [0, 0.05) is 32.7 Å². The van der Waals surface area contributed by atoms with Crippen LogP contribution < -0.4 is 5.73 Å². The topological polar surface area (TPSA) is 82.6 Å². The van der Waals surface area contributed by atoms with E-state index in [0.29, 0.717) is 32.4 Å². The van der Waals surface area contributed by atoms with E-state index in [-0.39, 0.29) is 5.91 Å². The van der Waals surface area contributed by atoms with Gasteiger partial charge in [-0.05, 0) is 12.8 Å². The zero-order valence-electron chi connectivity index (χ0n) is 13.3. The van der Waals surface area contributed by atoms with Crippen LogP contribution in [0.4, 0.5) is 0 Å². The summed E-state index contributed by atoms with van der Waals surface area (Å²) in [5, 5.41) is 8.78. The van der Waals surface area contributed by atoms with Crippen LogP contribution in [0.3, 0.4) is 0 Å². The van der Waals surface area contributed by atoms with Crippen molar-refractivity contribution in [2.24, 2.45) is 5.73 Å². The molecule has 120 valence electrons. The molecule has 0 atom stereocenters. The Hall–Kier alpha value is -1.16. The van der Waals surface area contributed by atoms with E-state index in [1.807, 2.05) is 13.8 Å².